The van der Waals surface area contributed by atoms with Crippen LogP contribution >= 0.6 is 0 Å². The SMILES string of the molecule is C=C(C)C(=O)OCCOC(=O)C1=C(C)NC(=O)NC1c1ccc(O)c(OC)c1. The molecular formula is C19H22N2O7. The predicted octanol–water partition coefficient (Wildman–Crippen LogP) is 1.69. The lowest BCUT2D eigenvalue weighted by Crippen LogP contribution is -2.45. The number of esters is 2. The summed E-state index contributed by atoms with van der Waals surface area (Å²) < 4.78 is 15.1. The number of amides is 2. The zero-order valence-electron chi connectivity index (χ0n) is 15.8. The van der Waals surface area contributed by atoms with Gasteiger partial charge in [-0.15, -0.1) is 0 Å². The van der Waals surface area contributed by atoms with Crippen LogP contribution in [0.1, 0.15) is 25.5 Å². The summed E-state index contributed by atoms with van der Waals surface area (Å²) in [4.78, 5) is 35.8. The maximum absolute atomic E-state index is 12.6. The van der Waals surface area contributed by atoms with Gasteiger partial charge in [-0.2, -0.15) is 0 Å². The summed E-state index contributed by atoms with van der Waals surface area (Å²) in [6.45, 7) is 6.25. The Kier molecular flexibility index (Phi) is 6.64. The van der Waals surface area contributed by atoms with Crippen LogP contribution in [0, 0.1) is 0 Å². The molecule has 0 aromatic heterocycles. The van der Waals surface area contributed by atoms with Crippen molar-refractivity contribution in [1.82, 2.24) is 10.6 Å². The van der Waals surface area contributed by atoms with Crippen molar-refractivity contribution < 1.29 is 33.7 Å². The van der Waals surface area contributed by atoms with Crippen molar-refractivity contribution in [2.24, 2.45) is 0 Å². The lowest BCUT2D eigenvalue weighted by Gasteiger charge is -2.28. The highest BCUT2D eigenvalue weighted by Gasteiger charge is 2.32. The number of aromatic hydroxyl groups is 1. The van der Waals surface area contributed by atoms with E-state index in [4.69, 9.17) is 14.2 Å². The maximum Gasteiger partial charge on any atom is 0.338 e. The number of rotatable bonds is 7. The summed E-state index contributed by atoms with van der Waals surface area (Å²) in [5, 5.41) is 14.9. The highest BCUT2D eigenvalue weighted by atomic mass is 16.6. The van der Waals surface area contributed by atoms with Crippen molar-refractivity contribution >= 4 is 18.0 Å². The molecule has 1 aliphatic rings. The van der Waals surface area contributed by atoms with Crippen molar-refractivity contribution in [2.75, 3.05) is 20.3 Å². The maximum atomic E-state index is 12.6. The van der Waals surface area contributed by atoms with Crippen molar-refractivity contribution in [2.45, 2.75) is 19.9 Å². The van der Waals surface area contributed by atoms with Gasteiger partial charge in [0, 0.05) is 11.3 Å². The van der Waals surface area contributed by atoms with Gasteiger partial charge in [0.25, 0.3) is 0 Å². The van der Waals surface area contributed by atoms with Crippen LogP contribution in [0.2, 0.25) is 0 Å². The fourth-order valence-electron chi connectivity index (χ4n) is 2.56. The van der Waals surface area contributed by atoms with E-state index in [1.54, 1.807) is 13.0 Å². The molecule has 0 aliphatic carbocycles. The average Bonchev–Trinajstić information content (AvgIpc) is 2.64. The number of nitrogens with one attached hydrogen (secondary N) is 2. The number of benzene rings is 1. The van der Waals surface area contributed by atoms with E-state index in [0.29, 0.717) is 11.3 Å². The standard InChI is InChI=1S/C19H22N2O7/c1-10(2)17(23)27-7-8-28-18(24)15-11(3)20-19(25)21-16(15)12-5-6-13(22)14(9-12)26-4/h5-6,9,16,22H,1,7-8H2,2-4H3,(H2,20,21,25). The first-order valence-corrected chi connectivity index (χ1v) is 8.39. The van der Waals surface area contributed by atoms with Gasteiger partial charge in [0.15, 0.2) is 11.5 Å². The molecule has 150 valence electrons. The van der Waals surface area contributed by atoms with Gasteiger partial charge in [-0.05, 0) is 31.5 Å². The van der Waals surface area contributed by atoms with E-state index in [1.807, 2.05) is 0 Å². The third-order valence-electron chi connectivity index (χ3n) is 3.92. The van der Waals surface area contributed by atoms with Gasteiger partial charge in [-0.1, -0.05) is 12.6 Å². The minimum atomic E-state index is -0.811. The van der Waals surface area contributed by atoms with E-state index >= 15 is 0 Å². The Labute approximate surface area is 162 Å². The average molecular weight is 390 g/mol. The Morgan fingerprint density at radius 1 is 1.25 bits per heavy atom. The molecule has 0 fully saturated rings. The van der Waals surface area contributed by atoms with Crippen LogP contribution in [-0.4, -0.2) is 43.4 Å². The highest BCUT2D eigenvalue weighted by molar-refractivity contribution is 5.95. The molecule has 9 heteroatoms. The van der Waals surface area contributed by atoms with E-state index in [9.17, 15) is 19.5 Å². The number of allylic oxidation sites excluding steroid dienone is 1. The summed E-state index contributed by atoms with van der Waals surface area (Å²) in [5.74, 6) is -1.14. The predicted molar refractivity (Wildman–Crippen MR) is 98.5 cm³/mol. The number of hydrogen-bond donors (Lipinski definition) is 3. The summed E-state index contributed by atoms with van der Waals surface area (Å²) in [6, 6.07) is 3.18. The van der Waals surface area contributed by atoms with E-state index in [1.165, 1.54) is 26.2 Å². The van der Waals surface area contributed by atoms with Crippen molar-refractivity contribution in [3.05, 3.63) is 47.2 Å². The lowest BCUT2D eigenvalue weighted by molar-refractivity contribution is -0.147. The molecule has 1 aromatic carbocycles. The minimum absolute atomic E-state index is 0.0735. The Bertz CT molecular complexity index is 845. The normalized spacial score (nSPS) is 16.0. The quantitative estimate of drug-likeness (QED) is 0.368. The first kappa shape index (κ1) is 20.8. The van der Waals surface area contributed by atoms with Crippen molar-refractivity contribution in [3.8, 4) is 11.5 Å². The summed E-state index contributed by atoms with van der Waals surface area (Å²) in [6.07, 6.45) is 0. The van der Waals surface area contributed by atoms with E-state index in [2.05, 4.69) is 17.2 Å². The lowest BCUT2D eigenvalue weighted by atomic mass is 9.95. The van der Waals surface area contributed by atoms with Crippen LogP contribution in [0.4, 0.5) is 4.79 Å². The fourth-order valence-corrected chi connectivity index (χ4v) is 2.56. The first-order valence-electron chi connectivity index (χ1n) is 8.39. The molecule has 1 heterocycles. The molecule has 1 atom stereocenters. The number of carbonyl (C=O) groups excluding carboxylic acids is 3. The monoisotopic (exact) mass is 390 g/mol. The largest absolute Gasteiger partial charge is 0.504 e. The zero-order valence-corrected chi connectivity index (χ0v) is 15.8. The second kappa shape index (κ2) is 8.94. The Hall–Kier alpha value is -3.49. The Morgan fingerprint density at radius 3 is 2.57 bits per heavy atom. The molecule has 3 N–H and O–H groups in total. The molecular weight excluding hydrogens is 368 g/mol. The molecule has 9 nitrogen and oxygen atoms in total. The van der Waals surface area contributed by atoms with Gasteiger partial charge >= 0.3 is 18.0 Å². The van der Waals surface area contributed by atoms with Gasteiger partial charge in [-0.25, -0.2) is 14.4 Å². The third kappa shape index (κ3) is 4.81. The van der Waals surface area contributed by atoms with Gasteiger partial charge < -0.3 is 30.0 Å². The van der Waals surface area contributed by atoms with Crippen molar-refractivity contribution in [1.29, 1.82) is 0 Å². The summed E-state index contributed by atoms with van der Waals surface area (Å²) in [5.41, 5.74) is 1.26. The number of urea groups is 1. The number of hydrogen-bond acceptors (Lipinski definition) is 7. The zero-order chi connectivity index (χ0) is 20.8. The number of ether oxygens (including phenoxy) is 3. The van der Waals surface area contributed by atoms with Gasteiger partial charge in [0.1, 0.15) is 13.2 Å². The molecule has 0 spiro atoms. The summed E-state index contributed by atoms with van der Waals surface area (Å²) in [7, 11) is 1.39. The molecule has 28 heavy (non-hydrogen) atoms. The second-order valence-corrected chi connectivity index (χ2v) is 6.05. The first-order chi connectivity index (χ1) is 13.2. The molecule has 1 unspecified atom stereocenters. The summed E-state index contributed by atoms with van der Waals surface area (Å²) >= 11 is 0. The van der Waals surface area contributed by atoms with Crippen LogP contribution in [0.5, 0.6) is 11.5 Å². The van der Waals surface area contributed by atoms with Gasteiger partial charge in [-0.3, -0.25) is 0 Å². The van der Waals surface area contributed by atoms with Crippen LogP contribution in [-0.2, 0) is 19.1 Å². The van der Waals surface area contributed by atoms with Gasteiger partial charge in [0.05, 0.1) is 18.7 Å². The highest BCUT2D eigenvalue weighted by Crippen LogP contribution is 2.33. The van der Waals surface area contributed by atoms with Crippen LogP contribution < -0.4 is 15.4 Å². The van der Waals surface area contributed by atoms with E-state index in [0.717, 1.165) is 0 Å². The number of phenols is 1. The number of methoxy groups -OCH3 is 1. The third-order valence-corrected chi connectivity index (χ3v) is 3.92. The van der Waals surface area contributed by atoms with Gasteiger partial charge in [0.2, 0.25) is 0 Å². The molecule has 0 radical (unpaired) electrons. The number of carbonyl (C=O) groups is 3. The smallest absolute Gasteiger partial charge is 0.338 e. The number of phenolic OH excluding ortho intramolecular Hbond substituents is 1. The molecule has 0 bridgehead atoms. The molecule has 1 aliphatic heterocycles. The Morgan fingerprint density at radius 2 is 1.93 bits per heavy atom. The second-order valence-electron chi connectivity index (χ2n) is 6.05. The molecule has 2 amide bonds. The topological polar surface area (TPSA) is 123 Å². The molecule has 1 aromatic rings. The Balaban J connectivity index is 2.17. The van der Waals surface area contributed by atoms with E-state index in [-0.39, 0.29) is 35.9 Å². The minimum Gasteiger partial charge on any atom is -0.504 e. The molecule has 0 saturated carbocycles. The fraction of sp³-hybridized carbons (Fsp3) is 0.316. The van der Waals surface area contributed by atoms with Crippen LogP contribution in [0.25, 0.3) is 0 Å². The van der Waals surface area contributed by atoms with Crippen molar-refractivity contribution in [3.63, 3.8) is 0 Å². The van der Waals surface area contributed by atoms with Crippen LogP contribution in [0.15, 0.2) is 41.6 Å². The molecule has 2 rings (SSSR count). The van der Waals surface area contributed by atoms with Crippen LogP contribution in [0.3, 0.4) is 0 Å². The molecule has 0 saturated heterocycles. The van der Waals surface area contributed by atoms with E-state index < -0.39 is 24.0 Å².